The van der Waals surface area contributed by atoms with Gasteiger partial charge < -0.3 is 4.74 Å². The van der Waals surface area contributed by atoms with Crippen LogP contribution < -0.4 is 0 Å². The van der Waals surface area contributed by atoms with Gasteiger partial charge in [-0.05, 0) is 0 Å². The second-order valence-corrected chi connectivity index (χ2v) is 2.55. The zero-order chi connectivity index (χ0) is 5.98. The quantitative estimate of drug-likeness (QED) is 0.442. The third-order valence-corrected chi connectivity index (χ3v) is 2.07. The fraction of sp³-hybridized carbons (Fsp3) is 0.800. The van der Waals surface area contributed by atoms with Crippen LogP contribution in [0.3, 0.4) is 0 Å². The molecule has 0 aromatic heterocycles. The number of cyclic esters (lactones) is 1. The van der Waals surface area contributed by atoms with E-state index >= 15 is 0 Å². The molecular weight excluding hydrogens is 172 g/mol. The summed E-state index contributed by atoms with van der Waals surface area (Å²) in [4.78, 5) is 10.4. The maximum Gasteiger partial charge on any atom is 0.306 e. The monoisotopic (exact) mass is 178 g/mol. The van der Waals surface area contributed by atoms with Crippen LogP contribution in [0, 0.1) is 5.92 Å². The number of rotatable bonds is 1. The largest absolute Gasteiger partial charge is 0.465 e. The van der Waals surface area contributed by atoms with Crippen molar-refractivity contribution in [3.05, 3.63) is 0 Å². The standard InChI is InChI=1S/C5H7BrO2/c6-2-4-1-5(7)8-3-4/h4H,1-3H2/t4-/m0/s1. The molecular formula is C5H7BrO2. The molecule has 1 fully saturated rings. The summed E-state index contributed by atoms with van der Waals surface area (Å²) in [5, 5.41) is 0.874. The minimum atomic E-state index is -0.0607. The molecule has 1 atom stereocenters. The van der Waals surface area contributed by atoms with E-state index in [9.17, 15) is 4.79 Å². The third kappa shape index (κ3) is 1.22. The minimum Gasteiger partial charge on any atom is -0.465 e. The van der Waals surface area contributed by atoms with Crippen LogP contribution in [0.5, 0.6) is 0 Å². The molecule has 1 saturated heterocycles. The average molecular weight is 179 g/mol. The van der Waals surface area contributed by atoms with Crippen molar-refractivity contribution < 1.29 is 9.53 Å². The molecule has 3 heteroatoms. The van der Waals surface area contributed by atoms with Crippen LogP contribution in [0.4, 0.5) is 0 Å². The number of carbonyl (C=O) groups is 1. The topological polar surface area (TPSA) is 26.3 Å². The number of ether oxygens (including phenoxy) is 1. The maximum absolute atomic E-state index is 10.4. The van der Waals surface area contributed by atoms with Crippen molar-refractivity contribution in [3.8, 4) is 0 Å². The van der Waals surface area contributed by atoms with Crippen molar-refractivity contribution in [3.63, 3.8) is 0 Å². The molecule has 0 unspecified atom stereocenters. The Labute approximate surface area is 56.3 Å². The molecule has 1 heterocycles. The zero-order valence-corrected chi connectivity index (χ0v) is 5.98. The van der Waals surface area contributed by atoms with E-state index in [4.69, 9.17) is 0 Å². The van der Waals surface area contributed by atoms with Crippen LogP contribution in [0.25, 0.3) is 0 Å². The maximum atomic E-state index is 10.4. The van der Waals surface area contributed by atoms with Crippen LogP contribution >= 0.6 is 15.9 Å². The molecule has 8 heavy (non-hydrogen) atoms. The number of esters is 1. The highest BCUT2D eigenvalue weighted by Crippen LogP contribution is 2.15. The van der Waals surface area contributed by atoms with E-state index in [0.717, 1.165) is 5.33 Å². The number of halogens is 1. The molecule has 2 nitrogen and oxygen atoms in total. The molecule has 0 saturated carbocycles. The summed E-state index contributed by atoms with van der Waals surface area (Å²) in [6.07, 6.45) is 0.589. The lowest BCUT2D eigenvalue weighted by Crippen LogP contribution is -1.98. The van der Waals surface area contributed by atoms with Gasteiger partial charge in [-0.2, -0.15) is 0 Å². The first kappa shape index (κ1) is 6.08. The van der Waals surface area contributed by atoms with Crippen molar-refractivity contribution in [2.24, 2.45) is 5.92 Å². The average Bonchev–Trinajstić information content (AvgIpc) is 2.14. The van der Waals surface area contributed by atoms with E-state index in [2.05, 4.69) is 20.7 Å². The SMILES string of the molecule is O=C1C[C@@H](CBr)CO1. The van der Waals surface area contributed by atoms with Crippen LogP contribution in [-0.2, 0) is 9.53 Å². The van der Waals surface area contributed by atoms with Crippen LogP contribution in [0.15, 0.2) is 0 Å². The molecule has 0 N–H and O–H groups in total. The molecule has 1 aliphatic rings. The van der Waals surface area contributed by atoms with E-state index < -0.39 is 0 Å². The number of hydrogen-bond donors (Lipinski definition) is 0. The van der Waals surface area contributed by atoms with Gasteiger partial charge in [0.2, 0.25) is 0 Å². The smallest absolute Gasteiger partial charge is 0.306 e. The third-order valence-electron chi connectivity index (χ3n) is 1.15. The Morgan fingerprint density at radius 1 is 1.88 bits per heavy atom. The zero-order valence-electron chi connectivity index (χ0n) is 4.39. The van der Waals surface area contributed by atoms with Gasteiger partial charge in [-0.15, -0.1) is 0 Å². The number of alkyl halides is 1. The summed E-state index contributed by atoms with van der Waals surface area (Å²) < 4.78 is 4.69. The Balaban J connectivity index is 2.32. The first-order valence-corrected chi connectivity index (χ1v) is 3.66. The van der Waals surface area contributed by atoms with Crippen LogP contribution in [-0.4, -0.2) is 17.9 Å². The first-order chi connectivity index (χ1) is 3.83. The first-order valence-electron chi connectivity index (χ1n) is 2.54. The van der Waals surface area contributed by atoms with Gasteiger partial charge in [0.25, 0.3) is 0 Å². The van der Waals surface area contributed by atoms with Gasteiger partial charge in [-0.25, -0.2) is 0 Å². The summed E-state index contributed by atoms with van der Waals surface area (Å²) in [5.74, 6) is 0.358. The molecule has 0 spiro atoms. The van der Waals surface area contributed by atoms with Gasteiger partial charge in [0, 0.05) is 11.2 Å². The lowest BCUT2D eigenvalue weighted by atomic mass is 10.2. The summed E-state index contributed by atoms with van der Waals surface area (Å²) in [5.41, 5.74) is 0. The van der Waals surface area contributed by atoms with E-state index in [1.54, 1.807) is 0 Å². The fourth-order valence-corrected chi connectivity index (χ4v) is 1.08. The van der Waals surface area contributed by atoms with Gasteiger partial charge in [0.15, 0.2) is 0 Å². The fourth-order valence-electron chi connectivity index (χ4n) is 0.663. The molecule has 1 aliphatic heterocycles. The van der Waals surface area contributed by atoms with Crippen LogP contribution in [0.2, 0.25) is 0 Å². The minimum absolute atomic E-state index is 0.0607. The van der Waals surface area contributed by atoms with E-state index in [1.165, 1.54) is 0 Å². The normalized spacial score (nSPS) is 28.1. The second kappa shape index (κ2) is 2.49. The number of hydrogen-bond acceptors (Lipinski definition) is 2. The Morgan fingerprint density at radius 2 is 2.62 bits per heavy atom. The summed E-state index contributed by atoms with van der Waals surface area (Å²) >= 11 is 3.27. The Morgan fingerprint density at radius 3 is 2.88 bits per heavy atom. The molecule has 0 amide bonds. The molecule has 1 rings (SSSR count). The van der Waals surface area contributed by atoms with E-state index in [-0.39, 0.29) is 5.97 Å². The van der Waals surface area contributed by atoms with Gasteiger partial charge >= 0.3 is 5.97 Å². The Bertz CT molecular complexity index is 103. The Hall–Kier alpha value is -0.0500. The number of carbonyl (C=O) groups excluding carboxylic acids is 1. The highest BCUT2D eigenvalue weighted by atomic mass is 79.9. The predicted molar refractivity (Wildman–Crippen MR) is 32.9 cm³/mol. The Kier molecular flexibility index (Phi) is 1.89. The molecule has 0 aromatic carbocycles. The van der Waals surface area contributed by atoms with Gasteiger partial charge in [-0.3, -0.25) is 4.79 Å². The molecule has 46 valence electrons. The summed E-state index contributed by atoms with van der Waals surface area (Å²) in [6, 6.07) is 0. The lowest BCUT2D eigenvalue weighted by molar-refractivity contribution is -0.137. The highest BCUT2D eigenvalue weighted by molar-refractivity contribution is 9.09. The molecule has 0 bridgehead atoms. The highest BCUT2D eigenvalue weighted by Gasteiger charge is 2.21. The molecule has 0 aromatic rings. The van der Waals surface area contributed by atoms with E-state index in [0.29, 0.717) is 18.9 Å². The van der Waals surface area contributed by atoms with Crippen molar-refractivity contribution in [1.29, 1.82) is 0 Å². The van der Waals surface area contributed by atoms with Crippen LogP contribution in [0.1, 0.15) is 6.42 Å². The van der Waals surface area contributed by atoms with Gasteiger partial charge in [-0.1, -0.05) is 15.9 Å². The van der Waals surface area contributed by atoms with Crippen molar-refractivity contribution in [2.75, 3.05) is 11.9 Å². The summed E-state index contributed by atoms with van der Waals surface area (Å²) in [7, 11) is 0. The van der Waals surface area contributed by atoms with Gasteiger partial charge in [0.05, 0.1) is 13.0 Å². The van der Waals surface area contributed by atoms with Crippen molar-refractivity contribution >= 4 is 21.9 Å². The van der Waals surface area contributed by atoms with Crippen molar-refractivity contribution in [2.45, 2.75) is 6.42 Å². The second-order valence-electron chi connectivity index (χ2n) is 1.91. The molecule has 0 aliphatic carbocycles. The summed E-state index contributed by atoms with van der Waals surface area (Å²) in [6.45, 7) is 0.601. The predicted octanol–water partition coefficient (Wildman–Crippen LogP) is 0.944. The van der Waals surface area contributed by atoms with Crippen molar-refractivity contribution in [1.82, 2.24) is 0 Å². The molecule has 0 radical (unpaired) electrons. The van der Waals surface area contributed by atoms with E-state index in [1.807, 2.05) is 0 Å². The van der Waals surface area contributed by atoms with Gasteiger partial charge in [0.1, 0.15) is 0 Å². The lowest BCUT2D eigenvalue weighted by Gasteiger charge is -1.94.